The molecular weight excluding hydrogens is 314 g/mol. The Morgan fingerprint density at radius 1 is 1.10 bits per heavy atom. The van der Waals surface area contributed by atoms with Gasteiger partial charge >= 0.3 is 0 Å². The predicted molar refractivity (Wildman–Crippen MR) is 87.9 cm³/mol. The van der Waals surface area contributed by atoms with E-state index in [2.05, 4.69) is 46.1 Å². The topological polar surface area (TPSA) is 23.5 Å². The van der Waals surface area contributed by atoms with E-state index in [9.17, 15) is 5.11 Å². The molecule has 0 aliphatic rings. The highest BCUT2D eigenvalue weighted by atomic mass is 79.9. The van der Waals surface area contributed by atoms with Gasteiger partial charge in [-0.1, -0.05) is 59.3 Å². The summed E-state index contributed by atoms with van der Waals surface area (Å²) < 4.78 is 1.11. The number of nitrogens with zero attached hydrogens (tertiary/aromatic N) is 1. The highest BCUT2D eigenvalue weighted by molar-refractivity contribution is 9.10. The van der Waals surface area contributed by atoms with Crippen LogP contribution in [0.2, 0.25) is 0 Å². The molecule has 1 atom stereocenters. The van der Waals surface area contributed by atoms with Gasteiger partial charge in [0.15, 0.2) is 0 Å². The SMILES string of the molecule is CCC(O)c1ccccc1N(C)Cc1ccccc1Br. The highest BCUT2D eigenvalue weighted by Gasteiger charge is 2.13. The van der Waals surface area contributed by atoms with Crippen molar-refractivity contribution < 1.29 is 5.11 Å². The van der Waals surface area contributed by atoms with Crippen LogP contribution >= 0.6 is 15.9 Å². The highest BCUT2D eigenvalue weighted by Crippen LogP contribution is 2.29. The van der Waals surface area contributed by atoms with Crippen LogP contribution in [0.15, 0.2) is 53.0 Å². The van der Waals surface area contributed by atoms with E-state index in [-0.39, 0.29) is 0 Å². The molecule has 0 fully saturated rings. The van der Waals surface area contributed by atoms with Gasteiger partial charge in [-0.15, -0.1) is 0 Å². The lowest BCUT2D eigenvalue weighted by atomic mass is 10.0. The fourth-order valence-electron chi connectivity index (χ4n) is 2.30. The van der Waals surface area contributed by atoms with E-state index in [1.807, 2.05) is 37.3 Å². The third kappa shape index (κ3) is 3.41. The Kier molecular flexibility index (Phi) is 5.21. The summed E-state index contributed by atoms with van der Waals surface area (Å²) in [5.74, 6) is 0. The third-order valence-corrected chi connectivity index (χ3v) is 4.23. The first kappa shape index (κ1) is 15.1. The van der Waals surface area contributed by atoms with Gasteiger partial charge in [0.1, 0.15) is 0 Å². The number of hydrogen-bond acceptors (Lipinski definition) is 2. The van der Waals surface area contributed by atoms with Crippen molar-refractivity contribution in [2.75, 3.05) is 11.9 Å². The molecule has 20 heavy (non-hydrogen) atoms. The van der Waals surface area contributed by atoms with Gasteiger partial charge in [-0.3, -0.25) is 0 Å². The van der Waals surface area contributed by atoms with E-state index in [1.165, 1.54) is 5.56 Å². The van der Waals surface area contributed by atoms with Gasteiger partial charge in [0.2, 0.25) is 0 Å². The lowest BCUT2D eigenvalue weighted by Crippen LogP contribution is -2.19. The van der Waals surface area contributed by atoms with Crippen molar-refractivity contribution in [3.63, 3.8) is 0 Å². The second-order valence-electron chi connectivity index (χ2n) is 4.93. The zero-order valence-corrected chi connectivity index (χ0v) is 13.5. The van der Waals surface area contributed by atoms with E-state index in [1.54, 1.807) is 0 Å². The van der Waals surface area contributed by atoms with Gasteiger partial charge in [-0.05, 0) is 24.1 Å². The zero-order chi connectivity index (χ0) is 14.5. The van der Waals surface area contributed by atoms with Gasteiger partial charge < -0.3 is 10.0 Å². The fourth-order valence-corrected chi connectivity index (χ4v) is 2.71. The van der Waals surface area contributed by atoms with Crippen LogP contribution in [0.4, 0.5) is 5.69 Å². The summed E-state index contributed by atoms with van der Waals surface area (Å²) in [5.41, 5.74) is 3.30. The van der Waals surface area contributed by atoms with Crippen LogP contribution in [-0.2, 0) is 6.54 Å². The molecule has 2 nitrogen and oxygen atoms in total. The van der Waals surface area contributed by atoms with Crippen LogP contribution in [0.1, 0.15) is 30.6 Å². The van der Waals surface area contributed by atoms with Crippen molar-refractivity contribution in [2.45, 2.75) is 26.0 Å². The monoisotopic (exact) mass is 333 g/mol. The quantitative estimate of drug-likeness (QED) is 0.868. The Morgan fingerprint density at radius 2 is 1.75 bits per heavy atom. The molecule has 0 spiro atoms. The zero-order valence-electron chi connectivity index (χ0n) is 11.9. The molecule has 0 heterocycles. The van der Waals surface area contributed by atoms with Gasteiger partial charge in [0, 0.05) is 29.3 Å². The molecule has 1 N–H and O–H groups in total. The predicted octanol–water partition coefficient (Wildman–Crippen LogP) is 4.53. The lowest BCUT2D eigenvalue weighted by Gasteiger charge is -2.24. The smallest absolute Gasteiger partial charge is 0.0807 e. The van der Waals surface area contributed by atoms with Gasteiger partial charge in [-0.25, -0.2) is 0 Å². The van der Waals surface area contributed by atoms with Crippen LogP contribution in [0.25, 0.3) is 0 Å². The Balaban J connectivity index is 2.26. The Morgan fingerprint density at radius 3 is 2.45 bits per heavy atom. The summed E-state index contributed by atoms with van der Waals surface area (Å²) in [6.07, 6.45) is 0.313. The number of rotatable bonds is 5. The Labute approximate surface area is 129 Å². The number of aliphatic hydroxyl groups is 1. The largest absolute Gasteiger partial charge is 0.388 e. The number of anilines is 1. The minimum Gasteiger partial charge on any atom is -0.388 e. The molecule has 2 aromatic carbocycles. The molecule has 0 saturated carbocycles. The molecule has 0 amide bonds. The van der Waals surface area contributed by atoms with Crippen LogP contribution in [0.5, 0.6) is 0 Å². The first-order valence-corrected chi connectivity index (χ1v) is 7.64. The van der Waals surface area contributed by atoms with Crippen LogP contribution in [-0.4, -0.2) is 12.2 Å². The Bertz CT molecular complexity index is 570. The maximum Gasteiger partial charge on any atom is 0.0807 e. The van der Waals surface area contributed by atoms with Crippen molar-refractivity contribution in [2.24, 2.45) is 0 Å². The number of para-hydroxylation sites is 1. The summed E-state index contributed by atoms with van der Waals surface area (Å²) in [5, 5.41) is 10.1. The van der Waals surface area contributed by atoms with Crippen molar-refractivity contribution in [3.05, 3.63) is 64.1 Å². The first-order chi connectivity index (χ1) is 9.63. The fraction of sp³-hybridized carbons (Fsp3) is 0.294. The summed E-state index contributed by atoms with van der Waals surface area (Å²) >= 11 is 3.58. The normalized spacial score (nSPS) is 12.2. The van der Waals surface area contributed by atoms with Gasteiger partial charge in [0.25, 0.3) is 0 Å². The number of aliphatic hydroxyl groups excluding tert-OH is 1. The minimum atomic E-state index is -0.409. The third-order valence-electron chi connectivity index (χ3n) is 3.46. The van der Waals surface area contributed by atoms with Crippen molar-refractivity contribution in [1.82, 2.24) is 0 Å². The van der Waals surface area contributed by atoms with E-state index in [4.69, 9.17) is 0 Å². The minimum absolute atomic E-state index is 0.409. The number of halogens is 1. The summed E-state index contributed by atoms with van der Waals surface area (Å²) in [7, 11) is 2.06. The molecule has 2 rings (SSSR count). The van der Waals surface area contributed by atoms with Gasteiger partial charge in [0.05, 0.1) is 6.10 Å². The average molecular weight is 334 g/mol. The molecule has 0 aromatic heterocycles. The molecule has 106 valence electrons. The Hall–Kier alpha value is -1.32. The standard InChI is InChI=1S/C17H20BrNO/c1-3-17(20)14-9-5-7-11-16(14)19(2)12-13-8-4-6-10-15(13)18/h4-11,17,20H,3,12H2,1-2H3. The van der Waals surface area contributed by atoms with E-state index in [0.29, 0.717) is 0 Å². The molecule has 0 radical (unpaired) electrons. The first-order valence-electron chi connectivity index (χ1n) is 6.85. The second kappa shape index (κ2) is 6.91. The molecule has 3 heteroatoms. The van der Waals surface area contributed by atoms with E-state index >= 15 is 0 Å². The van der Waals surface area contributed by atoms with Crippen LogP contribution in [0.3, 0.4) is 0 Å². The maximum absolute atomic E-state index is 10.1. The van der Waals surface area contributed by atoms with Crippen LogP contribution < -0.4 is 4.90 Å². The molecule has 2 aromatic rings. The molecule has 0 aliphatic heterocycles. The number of hydrogen-bond donors (Lipinski definition) is 1. The number of benzene rings is 2. The van der Waals surface area contributed by atoms with E-state index < -0.39 is 6.10 Å². The van der Waals surface area contributed by atoms with Crippen molar-refractivity contribution >= 4 is 21.6 Å². The summed E-state index contributed by atoms with van der Waals surface area (Å²) in [4.78, 5) is 2.17. The maximum atomic E-state index is 10.1. The molecule has 0 bridgehead atoms. The average Bonchev–Trinajstić information content (AvgIpc) is 2.48. The molecular formula is C17H20BrNO. The van der Waals surface area contributed by atoms with E-state index in [0.717, 1.165) is 28.7 Å². The molecule has 0 saturated heterocycles. The molecule has 0 aliphatic carbocycles. The van der Waals surface area contributed by atoms with Crippen molar-refractivity contribution in [1.29, 1.82) is 0 Å². The summed E-state index contributed by atoms with van der Waals surface area (Å²) in [6.45, 7) is 2.80. The van der Waals surface area contributed by atoms with Crippen molar-refractivity contribution in [3.8, 4) is 0 Å². The lowest BCUT2D eigenvalue weighted by molar-refractivity contribution is 0.174. The van der Waals surface area contributed by atoms with Crippen LogP contribution in [0, 0.1) is 0 Å². The second-order valence-corrected chi connectivity index (χ2v) is 5.78. The summed E-state index contributed by atoms with van der Waals surface area (Å²) in [6, 6.07) is 16.3. The molecule has 1 unspecified atom stereocenters. The van der Waals surface area contributed by atoms with Gasteiger partial charge in [-0.2, -0.15) is 0 Å².